The minimum Gasteiger partial charge on any atom is -0.390 e. The molecule has 2 atom stereocenters. The molecular formula is C32H36N10O2S. The van der Waals surface area contributed by atoms with E-state index in [0.29, 0.717) is 37.1 Å². The predicted molar refractivity (Wildman–Crippen MR) is 175 cm³/mol. The molecule has 12 nitrogen and oxygen atoms in total. The van der Waals surface area contributed by atoms with Crippen molar-refractivity contribution in [2.75, 3.05) is 36.6 Å². The Labute approximate surface area is 264 Å². The highest BCUT2D eigenvalue weighted by Crippen LogP contribution is 2.55. The first-order chi connectivity index (χ1) is 21.9. The van der Waals surface area contributed by atoms with Crippen LogP contribution in [-0.2, 0) is 36.6 Å². The average Bonchev–Trinajstić information content (AvgIpc) is 3.72. The maximum Gasteiger partial charge on any atom is 0.186 e. The number of aliphatic imine (C=N–C) groups is 1. The second-order valence-corrected chi connectivity index (χ2v) is 13.4. The van der Waals surface area contributed by atoms with Crippen LogP contribution < -0.4 is 16.4 Å². The first-order valence-corrected chi connectivity index (χ1v) is 16.3. The maximum absolute atomic E-state index is 6.56. The molecule has 2 aliphatic carbocycles. The van der Waals surface area contributed by atoms with Gasteiger partial charge in [-0.15, -0.1) is 11.3 Å². The van der Waals surface area contributed by atoms with E-state index in [-0.39, 0.29) is 11.5 Å². The molecule has 0 radical (unpaired) electrons. The van der Waals surface area contributed by atoms with Crippen LogP contribution in [0.4, 0.5) is 16.6 Å². The molecule has 0 aromatic carbocycles. The Hall–Kier alpha value is -4.36. The molecule has 3 aliphatic rings. The van der Waals surface area contributed by atoms with Crippen molar-refractivity contribution in [2.45, 2.75) is 63.5 Å². The molecule has 0 saturated carbocycles. The third-order valence-electron chi connectivity index (χ3n) is 9.83. The Morgan fingerprint density at radius 2 is 2.02 bits per heavy atom. The number of aryl methyl sites for hydroxylation is 2. The second-order valence-electron chi connectivity index (χ2n) is 12.3. The van der Waals surface area contributed by atoms with Crippen LogP contribution in [0.1, 0.15) is 77.1 Å². The van der Waals surface area contributed by atoms with Crippen LogP contribution >= 0.6 is 11.3 Å². The molecule has 5 aromatic heterocycles. The summed E-state index contributed by atoms with van der Waals surface area (Å²) >= 11 is 1.68. The van der Waals surface area contributed by atoms with Gasteiger partial charge < -0.3 is 25.6 Å². The fraction of sp³-hybridized carbons (Fsp3) is 0.438. The maximum atomic E-state index is 6.56. The summed E-state index contributed by atoms with van der Waals surface area (Å²) in [5, 5.41) is 10.9. The summed E-state index contributed by atoms with van der Waals surface area (Å²) in [6, 6.07) is 1.87. The van der Waals surface area contributed by atoms with Crippen LogP contribution in [0, 0.1) is 0 Å². The monoisotopic (exact) mass is 624 g/mol. The van der Waals surface area contributed by atoms with Crippen LogP contribution in [0.2, 0.25) is 0 Å². The summed E-state index contributed by atoms with van der Waals surface area (Å²) in [7, 11) is 3.69. The van der Waals surface area contributed by atoms with E-state index in [0.717, 1.165) is 88.4 Å². The summed E-state index contributed by atoms with van der Waals surface area (Å²) in [6.45, 7) is 3.77. The molecule has 5 aromatic rings. The Morgan fingerprint density at radius 3 is 2.87 bits per heavy atom. The van der Waals surface area contributed by atoms with Crippen LogP contribution in [0.5, 0.6) is 0 Å². The second kappa shape index (κ2) is 10.6. The van der Waals surface area contributed by atoms with Crippen molar-refractivity contribution in [3.8, 4) is 11.5 Å². The number of nitrogens with zero attached hydrogens (tertiary/aromatic N) is 8. The smallest absolute Gasteiger partial charge is 0.186 e. The van der Waals surface area contributed by atoms with Crippen molar-refractivity contribution in [1.29, 1.82) is 0 Å². The molecule has 45 heavy (non-hydrogen) atoms. The van der Waals surface area contributed by atoms with Crippen LogP contribution in [0.3, 0.4) is 0 Å². The molecule has 232 valence electrons. The Morgan fingerprint density at radius 1 is 1.18 bits per heavy atom. The highest BCUT2D eigenvalue weighted by atomic mass is 32.1. The van der Waals surface area contributed by atoms with Crippen molar-refractivity contribution in [3.05, 3.63) is 56.9 Å². The van der Waals surface area contributed by atoms with Gasteiger partial charge in [0.15, 0.2) is 22.9 Å². The SMILES string of the molecule is CN=Cc1c(N)sc2c1[C@@]1(CCC2)CCCc2c(-c3nc(N4CCOCc5ccnc(N)c5[C@H]4C)c4cnn(C)c4n3)noc21. The summed E-state index contributed by atoms with van der Waals surface area (Å²) in [5.74, 6) is 2.69. The normalized spacial score (nSPS) is 21.6. The number of pyridine rings is 1. The summed E-state index contributed by atoms with van der Waals surface area (Å²) < 4.78 is 14.2. The third-order valence-corrected chi connectivity index (χ3v) is 10.9. The number of nitrogens with two attached hydrogens (primary N) is 2. The number of thiophene rings is 1. The molecule has 6 heterocycles. The van der Waals surface area contributed by atoms with E-state index in [9.17, 15) is 0 Å². The van der Waals surface area contributed by atoms with E-state index in [2.05, 4.69) is 26.9 Å². The standard InChI is InChI=1S/C32H36N10O2S/c1-17-23-18(8-11-36-27(23)33)16-43-13-12-42(17)31-21-15-37-41(3)30(21)38-29(39-31)25-19-6-4-9-32(26(19)44-40-25)10-5-7-22-24(32)20(14-35-2)28(34)45-22/h8,11,14-15,17H,4-7,9-10,12-13,16,34H2,1-3H3,(H2,33,36)/t17-,32+/m1/s1. The Bertz CT molecular complexity index is 1970. The molecular weight excluding hydrogens is 588 g/mol. The molecule has 1 aliphatic heterocycles. The summed E-state index contributed by atoms with van der Waals surface area (Å²) in [6.07, 6.45) is 11.4. The molecule has 8 rings (SSSR count). The van der Waals surface area contributed by atoms with Crippen molar-refractivity contribution in [3.63, 3.8) is 0 Å². The van der Waals surface area contributed by atoms with Gasteiger partial charge in [0.05, 0.1) is 41.3 Å². The largest absolute Gasteiger partial charge is 0.390 e. The van der Waals surface area contributed by atoms with E-state index in [4.69, 9.17) is 35.9 Å². The Kier molecular flexibility index (Phi) is 6.64. The number of anilines is 3. The molecule has 0 saturated heterocycles. The third kappa shape index (κ3) is 4.20. The van der Waals surface area contributed by atoms with Gasteiger partial charge >= 0.3 is 0 Å². The molecule has 13 heteroatoms. The zero-order chi connectivity index (χ0) is 30.9. The number of ether oxygens (including phenoxy) is 1. The highest BCUT2D eigenvalue weighted by Gasteiger charge is 2.48. The minimum absolute atomic E-state index is 0.110. The summed E-state index contributed by atoms with van der Waals surface area (Å²) in [4.78, 5) is 22.6. The van der Waals surface area contributed by atoms with E-state index in [1.807, 2.05) is 25.5 Å². The topological polar surface area (TPSA) is 159 Å². The highest BCUT2D eigenvalue weighted by molar-refractivity contribution is 7.16. The number of fused-ring (bicyclic) bond motifs is 6. The first-order valence-electron chi connectivity index (χ1n) is 15.5. The molecule has 4 N–H and O–H groups in total. The van der Waals surface area contributed by atoms with Gasteiger partial charge in [-0.25, -0.2) is 15.0 Å². The number of nitrogen functional groups attached to an aromatic ring is 2. The van der Waals surface area contributed by atoms with Gasteiger partial charge in [-0.3, -0.25) is 9.67 Å². The van der Waals surface area contributed by atoms with Crippen molar-refractivity contribution < 1.29 is 9.26 Å². The van der Waals surface area contributed by atoms with Crippen molar-refractivity contribution in [2.24, 2.45) is 12.0 Å². The molecule has 0 bridgehead atoms. The lowest BCUT2D eigenvalue weighted by Gasteiger charge is -2.39. The lowest BCUT2D eigenvalue weighted by atomic mass is 9.63. The Balaban J connectivity index is 1.29. The quantitative estimate of drug-likeness (QED) is 0.268. The van der Waals surface area contributed by atoms with Gasteiger partial charge in [-0.2, -0.15) is 5.10 Å². The minimum atomic E-state index is -0.292. The predicted octanol–water partition coefficient (Wildman–Crippen LogP) is 4.74. The van der Waals surface area contributed by atoms with E-state index in [1.54, 1.807) is 29.3 Å². The van der Waals surface area contributed by atoms with Gasteiger partial charge in [0.1, 0.15) is 11.6 Å². The number of hydrogen-bond acceptors (Lipinski definition) is 12. The molecule has 0 amide bonds. The van der Waals surface area contributed by atoms with Gasteiger partial charge in [0, 0.05) is 54.6 Å². The van der Waals surface area contributed by atoms with E-state index in [1.165, 1.54) is 10.4 Å². The number of aromatic nitrogens is 6. The average molecular weight is 625 g/mol. The van der Waals surface area contributed by atoms with Crippen molar-refractivity contribution in [1.82, 2.24) is 29.9 Å². The van der Waals surface area contributed by atoms with Gasteiger partial charge in [0.25, 0.3) is 0 Å². The lowest BCUT2D eigenvalue weighted by Crippen LogP contribution is -2.35. The zero-order valence-corrected chi connectivity index (χ0v) is 26.5. The molecule has 0 fully saturated rings. The van der Waals surface area contributed by atoms with Gasteiger partial charge in [-0.1, -0.05) is 5.16 Å². The van der Waals surface area contributed by atoms with Gasteiger partial charge in [-0.05, 0) is 62.6 Å². The zero-order valence-electron chi connectivity index (χ0n) is 25.7. The molecule has 1 spiro atoms. The first kappa shape index (κ1) is 28.1. The van der Waals surface area contributed by atoms with Crippen molar-refractivity contribution >= 4 is 45.2 Å². The van der Waals surface area contributed by atoms with Crippen LogP contribution in [0.25, 0.3) is 22.6 Å². The van der Waals surface area contributed by atoms with E-state index >= 15 is 0 Å². The fourth-order valence-corrected chi connectivity index (χ4v) is 9.04. The van der Waals surface area contributed by atoms with Crippen LogP contribution in [0.15, 0.2) is 28.0 Å². The van der Waals surface area contributed by atoms with E-state index < -0.39 is 0 Å². The number of rotatable bonds is 3. The fourth-order valence-electron chi connectivity index (χ4n) is 7.85. The van der Waals surface area contributed by atoms with Gasteiger partial charge in [0.2, 0.25) is 0 Å². The summed E-state index contributed by atoms with van der Waals surface area (Å²) in [5.41, 5.74) is 19.5. The molecule has 0 unspecified atom stereocenters. The van der Waals surface area contributed by atoms with Crippen LogP contribution in [-0.4, -0.2) is 56.3 Å². The lowest BCUT2D eigenvalue weighted by molar-refractivity contribution is 0.121. The number of hydrogen-bond donors (Lipinski definition) is 2.